The van der Waals surface area contributed by atoms with Crippen LogP contribution in [0, 0.1) is 0 Å². The average Bonchev–Trinajstić information content (AvgIpc) is 2.89. The Morgan fingerprint density at radius 1 is 1.48 bits per heavy atom. The van der Waals surface area contributed by atoms with Crippen LogP contribution in [0.4, 0.5) is 0 Å². The monoisotopic (exact) mass is 286 g/mol. The highest BCUT2D eigenvalue weighted by molar-refractivity contribution is 5.76. The van der Waals surface area contributed by atoms with Gasteiger partial charge in [-0.3, -0.25) is 4.79 Å². The topological polar surface area (TPSA) is 75.2 Å². The van der Waals surface area contributed by atoms with Gasteiger partial charge in [-0.05, 0) is 25.3 Å². The quantitative estimate of drug-likeness (QED) is 0.905. The second-order valence-electron chi connectivity index (χ2n) is 5.32. The van der Waals surface area contributed by atoms with Crippen molar-refractivity contribution in [1.82, 2.24) is 9.97 Å². The summed E-state index contributed by atoms with van der Waals surface area (Å²) in [6.45, 7) is 0. The van der Waals surface area contributed by atoms with E-state index in [1.165, 1.54) is 0 Å². The maximum atomic E-state index is 11.3. The normalized spacial score (nSPS) is 17.3. The number of para-hydroxylation sites is 1. The van der Waals surface area contributed by atoms with Gasteiger partial charge in [-0.2, -0.15) is 0 Å². The first-order valence-corrected chi connectivity index (χ1v) is 7.11. The maximum Gasteiger partial charge on any atom is 0.312 e. The molecule has 0 radical (unpaired) electrons. The van der Waals surface area contributed by atoms with Crippen LogP contribution in [0.2, 0.25) is 0 Å². The van der Waals surface area contributed by atoms with Gasteiger partial charge in [0.2, 0.25) is 0 Å². The molecule has 0 fully saturated rings. The number of nitrogens with zero attached hydrogens (tertiary/aromatic N) is 1. The van der Waals surface area contributed by atoms with Crippen LogP contribution in [0.1, 0.15) is 41.5 Å². The third kappa shape index (κ3) is 2.63. The fourth-order valence-corrected chi connectivity index (χ4v) is 2.93. The van der Waals surface area contributed by atoms with E-state index in [2.05, 4.69) is 9.97 Å². The highest BCUT2D eigenvalue weighted by Gasteiger charge is 2.29. The lowest BCUT2D eigenvalue weighted by Gasteiger charge is -2.16. The summed E-state index contributed by atoms with van der Waals surface area (Å²) < 4.78 is 5.34. The average molecular weight is 286 g/mol. The van der Waals surface area contributed by atoms with Crippen molar-refractivity contribution in [2.24, 2.45) is 0 Å². The number of rotatable bonds is 4. The van der Waals surface area contributed by atoms with Crippen molar-refractivity contribution in [3.63, 3.8) is 0 Å². The van der Waals surface area contributed by atoms with Gasteiger partial charge in [-0.15, -0.1) is 0 Å². The van der Waals surface area contributed by atoms with Crippen molar-refractivity contribution in [2.45, 2.75) is 31.6 Å². The van der Waals surface area contributed by atoms with Crippen LogP contribution in [-0.2, 0) is 17.6 Å². The van der Waals surface area contributed by atoms with Gasteiger partial charge >= 0.3 is 5.97 Å². The second kappa shape index (κ2) is 5.60. The van der Waals surface area contributed by atoms with Crippen LogP contribution in [0.3, 0.4) is 0 Å². The Balaban J connectivity index is 1.89. The Kier molecular flexibility index (Phi) is 3.64. The number of carbonyl (C=O) groups is 1. The molecular formula is C16H18N2O3. The molecule has 2 aromatic rings. The van der Waals surface area contributed by atoms with E-state index < -0.39 is 11.9 Å². The van der Waals surface area contributed by atoms with E-state index in [0.717, 1.165) is 35.7 Å². The Hall–Kier alpha value is -2.30. The summed E-state index contributed by atoms with van der Waals surface area (Å²) in [5.41, 5.74) is 2.72. The summed E-state index contributed by atoms with van der Waals surface area (Å²) in [6, 6.07) is 7.80. The molecule has 0 saturated heterocycles. The molecule has 3 rings (SSSR count). The van der Waals surface area contributed by atoms with Crippen molar-refractivity contribution in [3.05, 3.63) is 47.0 Å². The second-order valence-corrected chi connectivity index (χ2v) is 5.32. The lowest BCUT2D eigenvalue weighted by molar-refractivity contribution is -0.139. The lowest BCUT2D eigenvalue weighted by atomic mass is 9.90. The largest absolute Gasteiger partial charge is 0.496 e. The van der Waals surface area contributed by atoms with E-state index in [4.69, 9.17) is 4.74 Å². The van der Waals surface area contributed by atoms with Crippen LogP contribution in [0.25, 0.3) is 0 Å². The van der Waals surface area contributed by atoms with Gasteiger partial charge in [0.05, 0.1) is 12.8 Å². The number of benzene rings is 1. The number of nitrogens with one attached hydrogen (secondary N) is 1. The van der Waals surface area contributed by atoms with Gasteiger partial charge in [-0.25, -0.2) is 4.98 Å². The van der Waals surface area contributed by atoms with Crippen LogP contribution in [0.5, 0.6) is 5.75 Å². The molecular weight excluding hydrogens is 268 g/mol. The predicted molar refractivity (Wildman–Crippen MR) is 77.7 cm³/mol. The van der Waals surface area contributed by atoms with Gasteiger partial charge in [0.25, 0.3) is 0 Å². The number of aliphatic carboxylic acids is 1. The van der Waals surface area contributed by atoms with E-state index in [1.807, 2.05) is 24.3 Å². The van der Waals surface area contributed by atoms with Crippen molar-refractivity contribution in [1.29, 1.82) is 0 Å². The number of ether oxygens (including phenoxy) is 1. The Morgan fingerprint density at radius 2 is 2.29 bits per heavy atom. The van der Waals surface area contributed by atoms with Gasteiger partial charge in [-0.1, -0.05) is 18.2 Å². The van der Waals surface area contributed by atoms with E-state index >= 15 is 0 Å². The minimum Gasteiger partial charge on any atom is -0.496 e. The molecule has 0 spiro atoms. The minimum absolute atomic E-state index is 0.476. The molecule has 1 aromatic carbocycles. The molecule has 0 aliphatic heterocycles. The SMILES string of the molecule is COc1ccccc1Cc1nc2c([nH]1)CCCC2C(=O)O. The molecule has 110 valence electrons. The molecule has 0 saturated carbocycles. The first-order valence-electron chi connectivity index (χ1n) is 7.11. The fraction of sp³-hybridized carbons (Fsp3) is 0.375. The highest BCUT2D eigenvalue weighted by atomic mass is 16.5. The molecule has 1 aliphatic carbocycles. The number of methoxy groups -OCH3 is 1. The molecule has 21 heavy (non-hydrogen) atoms. The summed E-state index contributed by atoms with van der Waals surface area (Å²) in [5.74, 6) is 0.363. The summed E-state index contributed by atoms with van der Waals surface area (Å²) in [4.78, 5) is 19.1. The third-order valence-corrected chi connectivity index (χ3v) is 3.96. The predicted octanol–water partition coefficient (Wildman–Crippen LogP) is 2.51. The summed E-state index contributed by atoms with van der Waals surface area (Å²) >= 11 is 0. The summed E-state index contributed by atoms with van der Waals surface area (Å²) in [6.07, 6.45) is 3.04. The molecule has 1 atom stereocenters. The molecule has 1 aromatic heterocycles. The van der Waals surface area contributed by atoms with Crippen LogP contribution in [-0.4, -0.2) is 28.2 Å². The molecule has 1 unspecified atom stereocenters. The number of imidazole rings is 1. The smallest absolute Gasteiger partial charge is 0.312 e. The molecule has 5 nitrogen and oxygen atoms in total. The number of hydrogen-bond donors (Lipinski definition) is 2. The van der Waals surface area contributed by atoms with E-state index in [1.54, 1.807) is 7.11 Å². The van der Waals surface area contributed by atoms with E-state index in [-0.39, 0.29) is 0 Å². The summed E-state index contributed by atoms with van der Waals surface area (Å²) in [7, 11) is 1.65. The van der Waals surface area contributed by atoms with Crippen molar-refractivity contribution in [3.8, 4) is 5.75 Å². The van der Waals surface area contributed by atoms with Crippen LogP contribution < -0.4 is 4.74 Å². The minimum atomic E-state index is -0.786. The maximum absolute atomic E-state index is 11.3. The number of aromatic amines is 1. The van der Waals surface area contributed by atoms with Gasteiger partial charge in [0.15, 0.2) is 0 Å². The highest BCUT2D eigenvalue weighted by Crippen LogP contribution is 2.31. The zero-order valence-electron chi connectivity index (χ0n) is 11.9. The molecule has 1 aliphatic rings. The molecule has 0 amide bonds. The van der Waals surface area contributed by atoms with Crippen molar-refractivity contribution >= 4 is 5.97 Å². The Labute approximate surface area is 123 Å². The number of aromatic nitrogens is 2. The zero-order valence-corrected chi connectivity index (χ0v) is 11.9. The molecule has 5 heteroatoms. The number of hydrogen-bond acceptors (Lipinski definition) is 3. The Bertz CT molecular complexity index is 663. The molecule has 2 N–H and O–H groups in total. The van der Waals surface area contributed by atoms with E-state index in [9.17, 15) is 9.90 Å². The van der Waals surface area contributed by atoms with Gasteiger partial charge in [0, 0.05) is 17.7 Å². The van der Waals surface area contributed by atoms with E-state index in [0.29, 0.717) is 18.5 Å². The van der Waals surface area contributed by atoms with Crippen LogP contribution >= 0.6 is 0 Å². The van der Waals surface area contributed by atoms with Gasteiger partial charge in [0.1, 0.15) is 17.5 Å². The zero-order chi connectivity index (χ0) is 14.8. The number of carboxylic acid groups (broad SMARTS) is 1. The Morgan fingerprint density at radius 3 is 3.05 bits per heavy atom. The number of carboxylic acids is 1. The van der Waals surface area contributed by atoms with Crippen LogP contribution in [0.15, 0.2) is 24.3 Å². The number of aryl methyl sites for hydroxylation is 1. The standard InChI is InChI=1S/C16H18N2O3/c1-21-13-8-3-2-5-10(13)9-14-17-12-7-4-6-11(16(19)20)15(12)18-14/h2-3,5,8,11H,4,6-7,9H2,1H3,(H,17,18)(H,19,20). The fourth-order valence-electron chi connectivity index (χ4n) is 2.93. The molecule has 1 heterocycles. The number of H-pyrrole nitrogens is 1. The first kappa shape index (κ1) is 13.7. The van der Waals surface area contributed by atoms with Gasteiger partial charge < -0.3 is 14.8 Å². The third-order valence-electron chi connectivity index (χ3n) is 3.96. The van der Waals surface area contributed by atoms with Crippen molar-refractivity contribution < 1.29 is 14.6 Å². The molecule has 0 bridgehead atoms. The number of fused-ring (bicyclic) bond motifs is 1. The first-order chi connectivity index (χ1) is 10.2. The lowest BCUT2D eigenvalue weighted by Crippen LogP contribution is -2.17. The summed E-state index contributed by atoms with van der Waals surface area (Å²) in [5, 5.41) is 9.29. The van der Waals surface area contributed by atoms with Crippen molar-refractivity contribution in [2.75, 3.05) is 7.11 Å².